The number of pyridine rings is 1. The fraction of sp³-hybridized carbons (Fsp3) is 0.500. The van der Waals surface area contributed by atoms with Gasteiger partial charge in [-0.15, -0.1) is 0 Å². The number of hydrogen-bond donors (Lipinski definition) is 1. The van der Waals surface area contributed by atoms with E-state index in [0.29, 0.717) is 44.2 Å². The predicted octanol–water partition coefficient (Wildman–Crippen LogP) is 3.75. The maximum Gasteiger partial charge on any atom is 0.225 e. The van der Waals surface area contributed by atoms with Gasteiger partial charge in [-0.2, -0.15) is 0 Å². The maximum absolute atomic E-state index is 13.0. The molecule has 1 N–H and O–H groups in total. The van der Waals surface area contributed by atoms with Gasteiger partial charge in [-0.1, -0.05) is 12.1 Å². The summed E-state index contributed by atoms with van der Waals surface area (Å²) in [6, 6.07) is 9.76. The van der Waals surface area contributed by atoms with Crippen molar-refractivity contribution < 1.29 is 19.1 Å². The lowest BCUT2D eigenvalue weighted by Crippen LogP contribution is -2.48. The Kier molecular flexibility index (Phi) is 6.58. The summed E-state index contributed by atoms with van der Waals surface area (Å²) in [5.41, 5.74) is 2.68. The third-order valence-electron chi connectivity index (χ3n) is 7.22. The molecule has 1 aromatic carbocycles. The average molecular weight is 450 g/mol. The van der Waals surface area contributed by atoms with E-state index in [-0.39, 0.29) is 29.6 Å². The van der Waals surface area contributed by atoms with Crippen LogP contribution < -0.4 is 10.1 Å². The van der Waals surface area contributed by atoms with Gasteiger partial charge in [0.1, 0.15) is 5.75 Å². The molecule has 0 saturated carbocycles. The van der Waals surface area contributed by atoms with Gasteiger partial charge in [-0.05, 0) is 61.3 Å². The van der Waals surface area contributed by atoms with Crippen molar-refractivity contribution in [3.05, 3.63) is 42.7 Å². The van der Waals surface area contributed by atoms with Gasteiger partial charge < -0.3 is 19.7 Å². The summed E-state index contributed by atoms with van der Waals surface area (Å²) < 4.78 is 11.5. The highest BCUT2D eigenvalue weighted by Gasteiger charge is 2.35. The lowest BCUT2D eigenvalue weighted by Gasteiger charge is -2.40. The molecule has 7 nitrogen and oxygen atoms in total. The summed E-state index contributed by atoms with van der Waals surface area (Å²) in [5, 5.41) is 3.08. The minimum atomic E-state index is 0.00397. The number of amides is 2. The summed E-state index contributed by atoms with van der Waals surface area (Å²) in [7, 11) is 0. The number of nitrogens with zero attached hydrogens (tertiary/aromatic N) is 2. The highest BCUT2D eigenvalue weighted by atomic mass is 16.5. The first-order valence-corrected chi connectivity index (χ1v) is 12.0. The van der Waals surface area contributed by atoms with Crippen molar-refractivity contribution in [2.75, 3.05) is 38.2 Å². The molecular formula is C26H31N3O4. The van der Waals surface area contributed by atoms with Crippen LogP contribution in [-0.4, -0.2) is 54.6 Å². The van der Waals surface area contributed by atoms with Crippen molar-refractivity contribution in [2.24, 2.45) is 17.8 Å². The average Bonchev–Trinajstić information content (AvgIpc) is 2.86. The Labute approximate surface area is 194 Å². The molecule has 33 heavy (non-hydrogen) atoms. The lowest BCUT2D eigenvalue weighted by atomic mass is 9.80. The molecule has 5 rings (SSSR count). The molecule has 1 aromatic heterocycles. The molecular weight excluding hydrogens is 418 g/mol. The van der Waals surface area contributed by atoms with Crippen molar-refractivity contribution in [2.45, 2.75) is 32.1 Å². The number of aromatic nitrogens is 1. The third-order valence-corrected chi connectivity index (χ3v) is 7.22. The minimum Gasteiger partial charge on any atom is -0.491 e. The number of anilines is 1. The van der Waals surface area contributed by atoms with E-state index in [2.05, 4.69) is 10.3 Å². The Hall–Kier alpha value is -2.93. The molecule has 4 heterocycles. The van der Waals surface area contributed by atoms with Crippen LogP contribution in [0.5, 0.6) is 5.75 Å². The molecule has 3 aliphatic rings. The van der Waals surface area contributed by atoms with E-state index < -0.39 is 0 Å². The van der Waals surface area contributed by atoms with Crippen LogP contribution in [0.4, 0.5) is 5.69 Å². The van der Waals surface area contributed by atoms with Crippen LogP contribution in [0, 0.1) is 17.8 Å². The van der Waals surface area contributed by atoms with Gasteiger partial charge in [-0.25, -0.2) is 0 Å². The molecule has 2 amide bonds. The van der Waals surface area contributed by atoms with E-state index in [1.807, 2.05) is 41.4 Å². The van der Waals surface area contributed by atoms with E-state index in [1.54, 1.807) is 6.20 Å². The zero-order valence-electron chi connectivity index (χ0n) is 18.9. The predicted molar refractivity (Wildman–Crippen MR) is 125 cm³/mol. The molecule has 2 fully saturated rings. The third kappa shape index (κ3) is 5.03. The number of benzene rings is 1. The Balaban J connectivity index is 1.29. The fourth-order valence-corrected chi connectivity index (χ4v) is 5.31. The van der Waals surface area contributed by atoms with Crippen LogP contribution in [0.15, 0.2) is 42.7 Å². The van der Waals surface area contributed by atoms with E-state index in [0.717, 1.165) is 43.4 Å². The summed E-state index contributed by atoms with van der Waals surface area (Å²) in [5.74, 6) is 1.55. The van der Waals surface area contributed by atoms with E-state index >= 15 is 0 Å². The first-order valence-electron chi connectivity index (χ1n) is 12.0. The number of rotatable bonds is 2. The van der Waals surface area contributed by atoms with Gasteiger partial charge >= 0.3 is 0 Å². The Bertz CT molecular complexity index is 990. The number of nitrogens with one attached hydrogen (secondary N) is 1. The fourth-order valence-electron chi connectivity index (χ4n) is 5.31. The number of ether oxygens (including phenoxy) is 2. The van der Waals surface area contributed by atoms with Gasteiger partial charge in [0.25, 0.3) is 0 Å². The second-order valence-corrected chi connectivity index (χ2v) is 9.32. The number of carbonyl (C=O) groups excluding carboxylic acids is 2. The lowest BCUT2D eigenvalue weighted by molar-refractivity contribution is -0.141. The normalized spacial score (nSPS) is 24.1. The molecule has 2 atom stereocenters. The monoisotopic (exact) mass is 449 g/mol. The number of hydrogen-bond acceptors (Lipinski definition) is 5. The van der Waals surface area contributed by atoms with Gasteiger partial charge in [0.15, 0.2) is 0 Å². The van der Waals surface area contributed by atoms with Gasteiger partial charge in [0, 0.05) is 56.6 Å². The van der Waals surface area contributed by atoms with Crippen molar-refractivity contribution in [1.29, 1.82) is 0 Å². The van der Waals surface area contributed by atoms with E-state index in [9.17, 15) is 9.59 Å². The first-order chi connectivity index (χ1) is 16.2. The van der Waals surface area contributed by atoms with E-state index in [1.165, 1.54) is 0 Å². The standard InChI is InChI=1S/C26H31N3O4/c30-25-15-20-5-10-29(26(31)18-6-11-32-12-7-18)17-22(20)8-13-33-24-4-3-19(14-23(24)28-25)21-2-1-9-27-16-21/h1-4,9,14,16,18,20,22H,5-8,10-13,15,17H2,(H,28,30)/t20-,22-/m0/s1. The smallest absolute Gasteiger partial charge is 0.225 e. The summed E-state index contributed by atoms with van der Waals surface area (Å²) >= 11 is 0. The van der Waals surface area contributed by atoms with Crippen LogP contribution in [0.1, 0.15) is 32.1 Å². The van der Waals surface area contributed by atoms with Gasteiger partial charge in [0.2, 0.25) is 11.8 Å². The van der Waals surface area contributed by atoms with Crippen molar-refractivity contribution in [1.82, 2.24) is 9.88 Å². The zero-order chi connectivity index (χ0) is 22.6. The molecule has 0 spiro atoms. The molecule has 174 valence electrons. The number of carbonyl (C=O) groups is 2. The molecule has 3 aliphatic heterocycles. The molecule has 0 bridgehead atoms. The Morgan fingerprint density at radius 3 is 2.73 bits per heavy atom. The van der Waals surface area contributed by atoms with Gasteiger partial charge in [-0.3, -0.25) is 14.6 Å². The number of likely N-dealkylation sites (tertiary alicyclic amines) is 1. The second-order valence-electron chi connectivity index (χ2n) is 9.32. The van der Waals surface area contributed by atoms with Crippen LogP contribution in [0.25, 0.3) is 11.1 Å². The largest absolute Gasteiger partial charge is 0.491 e. The maximum atomic E-state index is 13.0. The molecule has 2 aromatic rings. The summed E-state index contributed by atoms with van der Waals surface area (Å²) in [6.07, 6.45) is 7.34. The summed E-state index contributed by atoms with van der Waals surface area (Å²) in [6.45, 7) is 3.35. The van der Waals surface area contributed by atoms with Crippen LogP contribution in [0.2, 0.25) is 0 Å². The number of piperidine rings is 1. The van der Waals surface area contributed by atoms with Crippen LogP contribution in [0.3, 0.4) is 0 Å². The highest BCUT2D eigenvalue weighted by molar-refractivity contribution is 5.93. The number of fused-ring (bicyclic) bond motifs is 2. The zero-order valence-corrected chi connectivity index (χ0v) is 18.9. The SMILES string of the molecule is O=C1C[C@@H]2CCN(C(=O)C3CCOCC3)C[C@@H]2CCOc2ccc(-c3cccnc3)cc2N1. The van der Waals surface area contributed by atoms with E-state index in [4.69, 9.17) is 9.47 Å². The van der Waals surface area contributed by atoms with Crippen molar-refractivity contribution >= 4 is 17.5 Å². The van der Waals surface area contributed by atoms with Crippen molar-refractivity contribution in [3.63, 3.8) is 0 Å². The quantitative estimate of drug-likeness (QED) is 0.755. The molecule has 0 aliphatic carbocycles. The Morgan fingerprint density at radius 1 is 1.03 bits per heavy atom. The molecule has 7 heteroatoms. The van der Waals surface area contributed by atoms with Crippen LogP contribution in [-0.2, 0) is 14.3 Å². The van der Waals surface area contributed by atoms with Gasteiger partial charge in [0.05, 0.1) is 12.3 Å². The minimum absolute atomic E-state index is 0.00397. The molecule has 0 radical (unpaired) electrons. The molecule has 0 unspecified atom stereocenters. The second kappa shape index (κ2) is 9.91. The molecule has 2 saturated heterocycles. The van der Waals surface area contributed by atoms with Crippen molar-refractivity contribution in [3.8, 4) is 16.9 Å². The van der Waals surface area contributed by atoms with Crippen LogP contribution >= 0.6 is 0 Å². The first kappa shape index (κ1) is 21.9. The topological polar surface area (TPSA) is 80.8 Å². The highest BCUT2D eigenvalue weighted by Crippen LogP contribution is 2.35. The summed E-state index contributed by atoms with van der Waals surface area (Å²) in [4.78, 5) is 32.2. The Morgan fingerprint density at radius 2 is 1.91 bits per heavy atom.